The van der Waals surface area contributed by atoms with Gasteiger partial charge >= 0.3 is 0 Å². The molecule has 0 saturated heterocycles. The average Bonchev–Trinajstić information content (AvgIpc) is 2.55. The average molecular weight is 319 g/mol. The van der Waals surface area contributed by atoms with Crippen LogP contribution >= 0.6 is 0 Å². The van der Waals surface area contributed by atoms with Crippen LogP contribution in [0.3, 0.4) is 0 Å². The zero-order valence-electron chi connectivity index (χ0n) is 15.9. The highest BCUT2D eigenvalue weighted by atomic mass is 14.2. The van der Waals surface area contributed by atoms with Crippen LogP contribution in [0.15, 0.2) is 82.5 Å². The predicted octanol–water partition coefficient (Wildman–Crippen LogP) is 6.76. The standard InChI is InChI=1S/C23H29N/c1-7-8-22(16-23(6)13-11-18(2)12-14-23)21(5)10-9-19(3)15-20(4)17-24/h7-13,15-16H,14H2,1-6H3/b8-7-,19-9+,20-15-,21-10+,22-16+. The van der Waals surface area contributed by atoms with Gasteiger partial charge in [-0.25, -0.2) is 0 Å². The fourth-order valence-electron chi connectivity index (χ4n) is 2.55. The van der Waals surface area contributed by atoms with Gasteiger partial charge in [-0.05, 0) is 58.3 Å². The van der Waals surface area contributed by atoms with E-state index in [1.54, 1.807) is 0 Å². The summed E-state index contributed by atoms with van der Waals surface area (Å²) in [6.07, 6.45) is 20.5. The lowest BCUT2D eigenvalue weighted by Crippen LogP contribution is -2.12. The van der Waals surface area contributed by atoms with Gasteiger partial charge in [0.15, 0.2) is 0 Å². The maximum Gasteiger partial charge on any atom is 0.0944 e. The van der Waals surface area contributed by atoms with E-state index in [-0.39, 0.29) is 5.41 Å². The summed E-state index contributed by atoms with van der Waals surface area (Å²) in [7, 11) is 0. The molecule has 1 nitrogen and oxygen atoms in total. The van der Waals surface area contributed by atoms with Gasteiger partial charge in [0.05, 0.1) is 6.07 Å². The number of nitrogens with zero attached hydrogens (tertiary/aromatic N) is 1. The molecule has 1 aliphatic rings. The van der Waals surface area contributed by atoms with Crippen molar-refractivity contribution in [2.45, 2.75) is 48.0 Å². The number of nitriles is 1. The molecule has 126 valence electrons. The van der Waals surface area contributed by atoms with Crippen LogP contribution in [0.25, 0.3) is 0 Å². The summed E-state index contributed by atoms with van der Waals surface area (Å²) in [4.78, 5) is 0. The van der Waals surface area contributed by atoms with E-state index in [1.165, 1.54) is 16.7 Å². The molecule has 1 rings (SSSR count). The molecular weight excluding hydrogens is 290 g/mol. The van der Waals surface area contributed by atoms with Crippen molar-refractivity contribution >= 4 is 0 Å². The van der Waals surface area contributed by atoms with Crippen molar-refractivity contribution in [2.75, 3.05) is 0 Å². The van der Waals surface area contributed by atoms with Crippen molar-refractivity contribution in [3.63, 3.8) is 0 Å². The number of hydrogen-bond donors (Lipinski definition) is 0. The molecule has 0 aromatic rings. The van der Waals surface area contributed by atoms with Crippen molar-refractivity contribution in [1.82, 2.24) is 0 Å². The fraction of sp³-hybridized carbons (Fsp3) is 0.348. The minimum absolute atomic E-state index is 0.0551. The van der Waals surface area contributed by atoms with Gasteiger partial charge in [0.2, 0.25) is 0 Å². The molecule has 0 aromatic heterocycles. The SMILES string of the molecule is C\C=C/C(=C\C1(C)C=CC(C)=CC1)C(/C)=C/C=C(C)/C=C(/C)C#N. The van der Waals surface area contributed by atoms with E-state index in [1.807, 2.05) is 26.8 Å². The molecule has 0 radical (unpaired) electrons. The number of hydrogen-bond acceptors (Lipinski definition) is 1. The lowest BCUT2D eigenvalue weighted by Gasteiger charge is -2.25. The van der Waals surface area contributed by atoms with E-state index in [4.69, 9.17) is 5.26 Å². The highest BCUT2D eigenvalue weighted by molar-refractivity contribution is 5.44. The van der Waals surface area contributed by atoms with Gasteiger partial charge in [-0.1, -0.05) is 66.7 Å². The Kier molecular flexibility index (Phi) is 7.46. The minimum Gasteiger partial charge on any atom is -0.193 e. The van der Waals surface area contributed by atoms with Crippen molar-refractivity contribution < 1.29 is 0 Å². The van der Waals surface area contributed by atoms with Crippen LogP contribution in [0.4, 0.5) is 0 Å². The number of rotatable bonds is 5. The Labute approximate surface area is 147 Å². The van der Waals surface area contributed by atoms with Crippen LogP contribution in [0.2, 0.25) is 0 Å². The van der Waals surface area contributed by atoms with Gasteiger partial charge in [-0.2, -0.15) is 5.26 Å². The Bertz CT molecular complexity index is 712. The first-order valence-corrected chi connectivity index (χ1v) is 8.45. The third-order valence-electron chi connectivity index (χ3n) is 4.09. The van der Waals surface area contributed by atoms with Gasteiger partial charge < -0.3 is 0 Å². The fourth-order valence-corrected chi connectivity index (χ4v) is 2.55. The van der Waals surface area contributed by atoms with E-state index in [2.05, 4.69) is 75.4 Å². The van der Waals surface area contributed by atoms with E-state index in [0.717, 1.165) is 17.6 Å². The summed E-state index contributed by atoms with van der Waals surface area (Å²) >= 11 is 0. The molecule has 0 bridgehead atoms. The maximum absolute atomic E-state index is 8.86. The molecule has 0 N–H and O–H groups in total. The highest BCUT2D eigenvalue weighted by Crippen LogP contribution is 2.33. The van der Waals surface area contributed by atoms with Crippen molar-refractivity contribution in [3.05, 3.63) is 82.5 Å². The second kappa shape index (κ2) is 9.08. The molecule has 0 spiro atoms. The molecule has 0 aromatic carbocycles. The minimum atomic E-state index is 0.0551. The monoisotopic (exact) mass is 319 g/mol. The molecule has 1 aliphatic carbocycles. The van der Waals surface area contributed by atoms with Crippen molar-refractivity contribution in [3.8, 4) is 6.07 Å². The second-order valence-electron chi connectivity index (χ2n) is 6.79. The Morgan fingerprint density at radius 1 is 1.25 bits per heavy atom. The van der Waals surface area contributed by atoms with Gasteiger partial charge in [-0.3, -0.25) is 0 Å². The van der Waals surface area contributed by atoms with E-state index in [9.17, 15) is 0 Å². The third kappa shape index (κ3) is 6.42. The first-order valence-electron chi connectivity index (χ1n) is 8.45. The van der Waals surface area contributed by atoms with Gasteiger partial charge in [0, 0.05) is 11.0 Å². The topological polar surface area (TPSA) is 23.8 Å². The summed E-state index contributed by atoms with van der Waals surface area (Å²) in [5.41, 5.74) is 5.65. The first kappa shape index (κ1) is 19.7. The van der Waals surface area contributed by atoms with Crippen molar-refractivity contribution in [2.24, 2.45) is 5.41 Å². The van der Waals surface area contributed by atoms with Gasteiger partial charge in [-0.15, -0.1) is 0 Å². The quantitative estimate of drug-likeness (QED) is 0.405. The second-order valence-corrected chi connectivity index (χ2v) is 6.79. The smallest absolute Gasteiger partial charge is 0.0944 e. The number of allylic oxidation sites excluding steroid dienone is 14. The first-order chi connectivity index (χ1) is 11.3. The lowest BCUT2D eigenvalue weighted by atomic mass is 9.80. The Morgan fingerprint density at radius 3 is 2.50 bits per heavy atom. The van der Waals surface area contributed by atoms with E-state index in [0.29, 0.717) is 0 Å². The van der Waals surface area contributed by atoms with E-state index >= 15 is 0 Å². The molecule has 1 unspecified atom stereocenters. The zero-order valence-corrected chi connectivity index (χ0v) is 15.9. The Morgan fingerprint density at radius 2 is 1.96 bits per heavy atom. The summed E-state index contributed by atoms with van der Waals surface area (Å²) < 4.78 is 0. The van der Waals surface area contributed by atoms with Crippen molar-refractivity contribution in [1.29, 1.82) is 5.26 Å². The zero-order chi connectivity index (χ0) is 18.2. The van der Waals surface area contributed by atoms with Crippen LogP contribution in [0, 0.1) is 16.7 Å². The summed E-state index contributed by atoms with van der Waals surface area (Å²) in [5.74, 6) is 0. The maximum atomic E-state index is 8.86. The molecule has 0 heterocycles. The summed E-state index contributed by atoms with van der Waals surface area (Å²) in [6, 6.07) is 2.15. The Balaban J connectivity index is 3.10. The molecule has 0 fully saturated rings. The van der Waals surface area contributed by atoms with E-state index < -0.39 is 0 Å². The normalized spacial score (nSPS) is 23.5. The summed E-state index contributed by atoms with van der Waals surface area (Å²) in [6.45, 7) is 12.4. The highest BCUT2D eigenvalue weighted by Gasteiger charge is 2.19. The van der Waals surface area contributed by atoms with Crippen LogP contribution in [-0.4, -0.2) is 0 Å². The molecular formula is C23H29N. The van der Waals surface area contributed by atoms with Crippen LogP contribution in [0.1, 0.15) is 48.0 Å². The molecule has 0 amide bonds. The van der Waals surface area contributed by atoms with Crippen LogP contribution in [-0.2, 0) is 0 Å². The van der Waals surface area contributed by atoms with Crippen LogP contribution < -0.4 is 0 Å². The Hall–Kier alpha value is -2.33. The predicted molar refractivity (Wildman–Crippen MR) is 105 cm³/mol. The lowest BCUT2D eigenvalue weighted by molar-refractivity contribution is 0.551. The molecule has 1 atom stereocenters. The van der Waals surface area contributed by atoms with Gasteiger partial charge in [0.1, 0.15) is 0 Å². The molecule has 24 heavy (non-hydrogen) atoms. The molecule has 0 aliphatic heterocycles. The molecule has 1 heteroatoms. The largest absolute Gasteiger partial charge is 0.193 e. The molecule has 0 saturated carbocycles. The van der Waals surface area contributed by atoms with Crippen LogP contribution in [0.5, 0.6) is 0 Å². The van der Waals surface area contributed by atoms with Gasteiger partial charge in [0.25, 0.3) is 0 Å². The summed E-state index contributed by atoms with van der Waals surface area (Å²) in [5, 5.41) is 8.86. The third-order valence-corrected chi connectivity index (χ3v) is 4.09.